The third-order valence-electron chi connectivity index (χ3n) is 3.01. The van der Waals surface area contributed by atoms with E-state index in [-0.39, 0.29) is 6.10 Å². The summed E-state index contributed by atoms with van der Waals surface area (Å²) in [5.74, 6) is 0.623. The van der Waals surface area contributed by atoms with E-state index in [0.717, 1.165) is 25.4 Å². The number of nitrogens with one attached hydrogen (secondary N) is 1. The predicted octanol–water partition coefficient (Wildman–Crippen LogP) is 1.24. The Hall–Kier alpha value is -1.85. The van der Waals surface area contributed by atoms with Gasteiger partial charge in [-0.3, -0.25) is 0 Å². The molecule has 1 aromatic carbocycles. The summed E-state index contributed by atoms with van der Waals surface area (Å²) in [5.41, 5.74) is 1.02. The molecule has 19 heavy (non-hydrogen) atoms. The molecule has 1 saturated heterocycles. The standard InChI is InChI=1S/C14H17N3O2/c1-2-4-12(5-3-1)17-8-6-14(16-17)19-11-13-10-15-7-9-18-13/h1-6,8,13,15H,7,9-11H2. The molecule has 2 aromatic rings. The number of morpholine rings is 1. The first kappa shape index (κ1) is 12.2. The smallest absolute Gasteiger partial charge is 0.233 e. The third-order valence-corrected chi connectivity index (χ3v) is 3.01. The van der Waals surface area contributed by atoms with Crippen molar-refractivity contribution >= 4 is 0 Å². The van der Waals surface area contributed by atoms with Gasteiger partial charge in [0.25, 0.3) is 0 Å². The summed E-state index contributed by atoms with van der Waals surface area (Å²) in [5, 5.41) is 7.65. The highest BCUT2D eigenvalue weighted by atomic mass is 16.5. The van der Waals surface area contributed by atoms with E-state index in [1.54, 1.807) is 4.68 Å². The van der Waals surface area contributed by atoms with E-state index in [1.165, 1.54) is 0 Å². The minimum absolute atomic E-state index is 0.107. The van der Waals surface area contributed by atoms with Crippen molar-refractivity contribution in [2.45, 2.75) is 6.10 Å². The summed E-state index contributed by atoms with van der Waals surface area (Å²) in [4.78, 5) is 0. The summed E-state index contributed by atoms with van der Waals surface area (Å²) in [6.07, 6.45) is 2.00. The van der Waals surface area contributed by atoms with Crippen molar-refractivity contribution in [3.05, 3.63) is 42.6 Å². The number of benzene rings is 1. The van der Waals surface area contributed by atoms with Crippen molar-refractivity contribution in [3.8, 4) is 11.6 Å². The van der Waals surface area contributed by atoms with Crippen LogP contribution in [0.5, 0.6) is 5.88 Å². The maximum Gasteiger partial charge on any atom is 0.233 e. The predicted molar refractivity (Wildman–Crippen MR) is 71.7 cm³/mol. The van der Waals surface area contributed by atoms with Gasteiger partial charge in [0, 0.05) is 25.4 Å². The molecule has 5 heteroatoms. The Morgan fingerprint density at radius 1 is 1.32 bits per heavy atom. The first-order valence-corrected chi connectivity index (χ1v) is 6.48. The maximum atomic E-state index is 5.65. The Balaban J connectivity index is 1.59. The van der Waals surface area contributed by atoms with Gasteiger partial charge in [-0.05, 0) is 12.1 Å². The molecular weight excluding hydrogens is 242 g/mol. The molecule has 0 radical (unpaired) electrons. The minimum Gasteiger partial charge on any atom is -0.474 e. The first-order valence-electron chi connectivity index (χ1n) is 6.48. The van der Waals surface area contributed by atoms with E-state index in [4.69, 9.17) is 9.47 Å². The zero-order chi connectivity index (χ0) is 12.9. The summed E-state index contributed by atoms with van der Waals surface area (Å²) in [7, 11) is 0. The van der Waals surface area contributed by atoms with Crippen LogP contribution in [0.2, 0.25) is 0 Å². The molecule has 1 unspecified atom stereocenters. The van der Waals surface area contributed by atoms with E-state index in [2.05, 4.69) is 10.4 Å². The fourth-order valence-corrected chi connectivity index (χ4v) is 2.01. The Morgan fingerprint density at radius 3 is 3.00 bits per heavy atom. The van der Waals surface area contributed by atoms with E-state index in [9.17, 15) is 0 Å². The van der Waals surface area contributed by atoms with Gasteiger partial charge in [0.15, 0.2) is 0 Å². The van der Waals surface area contributed by atoms with Crippen LogP contribution in [0.1, 0.15) is 0 Å². The van der Waals surface area contributed by atoms with Crippen LogP contribution in [0, 0.1) is 0 Å². The Labute approximate surface area is 112 Å². The first-order chi connectivity index (χ1) is 9.42. The number of hydrogen-bond donors (Lipinski definition) is 1. The highest BCUT2D eigenvalue weighted by Gasteiger charge is 2.14. The lowest BCUT2D eigenvalue weighted by Gasteiger charge is -2.22. The Morgan fingerprint density at radius 2 is 2.21 bits per heavy atom. The lowest BCUT2D eigenvalue weighted by atomic mass is 10.3. The monoisotopic (exact) mass is 259 g/mol. The molecule has 0 aliphatic carbocycles. The summed E-state index contributed by atoms with van der Waals surface area (Å²) >= 11 is 0. The van der Waals surface area contributed by atoms with Crippen molar-refractivity contribution in [3.63, 3.8) is 0 Å². The van der Waals surface area contributed by atoms with Gasteiger partial charge < -0.3 is 14.8 Å². The van der Waals surface area contributed by atoms with Crippen LogP contribution in [0.4, 0.5) is 0 Å². The van der Waals surface area contributed by atoms with Gasteiger partial charge in [-0.2, -0.15) is 0 Å². The highest BCUT2D eigenvalue weighted by molar-refractivity contribution is 5.31. The van der Waals surface area contributed by atoms with Gasteiger partial charge in [-0.25, -0.2) is 4.68 Å². The average Bonchev–Trinajstić information content (AvgIpc) is 2.96. The van der Waals surface area contributed by atoms with Crippen molar-refractivity contribution in [2.75, 3.05) is 26.3 Å². The van der Waals surface area contributed by atoms with Crippen molar-refractivity contribution in [1.82, 2.24) is 15.1 Å². The summed E-state index contributed by atoms with van der Waals surface area (Å²) < 4.78 is 13.0. The molecule has 0 bridgehead atoms. The van der Waals surface area contributed by atoms with Gasteiger partial charge in [0.05, 0.1) is 12.3 Å². The molecular formula is C14H17N3O2. The normalized spacial score (nSPS) is 19.3. The van der Waals surface area contributed by atoms with Crippen LogP contribution in [0.15, 0.2) is 42.6 Å². The molecule has 1 aliphatic heterocycles. The lowest BCUT2D eigenvalue weighted by Crippen LogP contribution is -2.41. The van der Waals surface area contributed by atoms with Crippen LogP contribution in [0.25, 0.3) is 5.69 Å². The third kappa shape index (κ3) is 3.13. The molecule has 0 saturated carbocycles. The molecule has 100 valence electrons. The topological polar surface area (TPSA) is 48.3 Å². The second-order valence-electron chi connectivity index (χ2n) is 4.44. The van der Waals surface area contributed by atoms with Crippen molar-refractivity contribution < 1.29 is 9.47 Å². The number of aromatic nitrogens is 2. The van der Waals surface area contributed by atoms with Gasteiger partial charge >= 0.3 is 0 Å². The second kappa shape index (κ2) is 5.86. The second-order valence-corrected chi connectivity index (χ2v) is 4.44. The number of nitrogens with zero attached hydrogens (tertiary/aromatic N) is 2. The minimum atomic E-state index is 0.107. The van der Waals surface area contributed by atoms with Crippen LogP contribution >= 0.6 is 0 Å². The van der Waals surface area contributed by atoms with Crippen molar-refractivity contribution in [2.24, 2.45) is 0 Å². The molecule has 1 N–H and O–H groups in total. The van der Waals surface area contributed by atoms with Gasteiger partial charge in [0.2, 0.25) is 5.88 Å². The molecule has 1 aromatic heterocycles. The number of hydrogen-bond acceptors (Lipinski definition) is 4. The van der Waals surface area contributed by atoms with E-state index < -0.39 is 0 Å². The number of para-hydroxylation sites is 1. The van der Waals surface area contributed by atoms with Crippen LogP contribution in [-0.4, -0.2) is 42.2 Å². The van der Waals surface area contributed by atoms with Crippen LogP contribution in [-0.2, 0) is 4.74 Å². The van der Waals surface area contributed by atoms with E-state index in [0.29, 0.717) is 12.5 Å². The highest BCUT2D eigenvalue weighted by Crippen LogP contribution is 2.12. The Kier molecular flexibility index (Phi) is 3.76. The van der Waals surface area contributed by atoms with Crippen LogP contribution in [0.3, 0.4) is 0 Å². The molecule has 1 atom stereocenters. The molecule has 0 amide bonds. The zero-order valence-electron chi connectivity index (χ0n) is 10.7. The lowest BCUT2D eigenvalue weighted by molar-refractivity contribution is -0.000810. The molecule has 1 fully saturated rings. The molecule has 2 heterocycles. The summed E-state index contributed by atoms with van der Waals surface area (Å²) in [6.45, 7) is 3.02. The van der Waals surface area contributed by atoms with E-state index >= 15 is 0 Å². The molecule has 1 aliphatic rings. The van der Waals surface area contributed by atoms with Gasteiger partial charge in [0.1, 0.15) is 12.7 Å². The van der Waals surface area contributed by atoms with E-state index in [1.807, 2.05) is 42.6 Å². The molecule has 0 spiro atoms. The molecule has 3 rings (SSSR count). The fraction of sp³-hybridized carbons (Fsp3) is 0.357. The number of rotatable bonds is 4. The summed E-state index contributed by atoms with van der Waals surface area (Å²) in [6, 6.07) is 11.8. The Bertz CT molecular complexity index is 506. The maximum absolute atomic E-state index is 5.65. The molecule has 5 nitrogen and oxygen atoms in total. The number of ether oxygens (including phenoxy) is 2. The SMILES string of the molecule is c1ccc(-n2ccc(OCC3CNCCO3)n2)cc1. The largest absolute Gasteiger partial charge is 0.474 e. The quantitative estimate of drug-likeness (QED) is 0.897. The van der Waals surface area contributed by atoms with Gasteiger partial charge in [-0.15, -0.1) is 5.10 Å². The van der Waals surface area contributed by atoms with Crippen LogP contribution < -0.4 is 10.1 Å². The van der Waals surface area contributed by atoms with Gasteiger partial charge in [-0.1, -0.05) is 18.2 Å². The van der Waals surface area contributed by atoms with Crippen molar-refractivity contribution in [1.29, 1.82) is 0 Å². The fourth-order valence-electron chi connectivity index (χ4n) is 2.01. The zero-order valence-corrected chi connectivity index (χ0v) is 10.7. The average molecular weight is 259 g/mol.